The van der Waals surface area contributed by atoms with Gasteiger partial charge in [0.1, 0.15) is 18.0 Å². The van der Waals surface area contributed by atoms with Crippen LogP contribution in [0.3, 0.4) is 0 Å². The number of carbonyl (C=O) groups excluding carboxylic acids is 4. The summed E-state index contributed by atoms with van der Waals surface area (Å²) in [7, 11) is -9.35. The van der Waals surface area contributed by atoms with Gasteiger partial charge in [0.25, 0.3) is 10.0 Å². The smallest absolute Gasteiger partial charge is 0.746 e. The van der Waals surface area contributed by atoms with E-state index >= 15 is 0 Å². The summed E-state index contributed by atoms with van der Waals surface area (Å²) in [6.45, 7) is 6.65. The first-order valence-corrected chi connectivity index (χ1v) is 22.1. The van der Waals surface area contributed by atoms with Crippen molar-refractivity contribution in [3.63, 3.8) is 0 Å². The van der Waals surface area contributed by atoms with Gasteiger partial charge in [-0.15, -0.1) is 6.58 Å². The molecule has 2 saturated heterocycles. The molecule has 3 heterocycles. The first-order chi connectivity index (χ1) is 28.5. The number of phosphoric ester groups is 1. The molecular weight excluding hydrogens is 856 g/mol. The fraction of sp³-hybridized carbons (Fsp3) is 0.256. The molecule has 2 aliphatic heterocycles. The van der Waals surface area contributed by atoms with Gasteiger partial charge in [-0.05, 0) is 61.2 Å². The summed E-state index contributed by atoms with van der Waals surface area (Å²) in [5.74, 6) is -1.72. The SMILES string of the molecule is C=CCN1CC(=O)N2[C@@H](Cc3ccc(OP(=O)([O-])O)cc3)C(=O)N(Cc3cccc4c(C(C)=O)cn(S(=O)(=O)c5ccc(C)cc5)c34)C[C@@H]2N1C(=O)CCc1ccccc1.[Na+].[Na]. The molecule has 0 bridgehead atoms. The van der Waals surface area contributed by atoms with Gasteiger partial charge in [0.15, 0.2) is 5.78 Å². The Bertz CT molecular complexity index is 2640. The van der Waals surface area contributed by atoms with Crippen molar-refractivity contribution in [3.05, 3.63) is 144 Å². The van der Waals surface area contributed by atoms with Crippen LogP contribution in [-0.2, 0) is 48.4 Å². The summed E-state index contributed by atoms with van der Waals surface area (Å²) in [4.78, 5) is 79.8. The van der Waals surface area contributed by atoms with E-state index in [4.69, 9.17) is 0 Å². The van der Waals surface area contributed by atoms with E-state index in [1.165, 1.54) is 64.3 Å². The number of carbonyl (C=O) groups is 4. The second-order valence-corrected chi connectivity index (χ2v) is 17.7. The van der Waals surface area contributed by atoms with E-state index in [0.29, 0.717) is 22.9 Å². The molecule has 3 amide bonds. The molecule has 1 radical (unpaired) electrons. The van der Waals surface area contributed by atoms with Crippen molar-refractivity contribution in [3.8, 4) is 5.75 Å². The number of aryl methyl sites for hydroxylation is 2. The van der Waals surface area contributed by atoms with Crippen molar-refractivity contribution < 1.29 is 76.0 Å². The molecule has 4 aromatic carbocycles. The Labute approximate surface area is 404 Å². The quantitative estimate of drug-likeness (QED) is 0.0720. The van der Waals surface area contributed by atoms with Crippen molar-refractivity contribution in [2.75, 3.05) is 19.6 Å². The number of benzene rings is 4. The zero-order chi connectivity index (χ0) is 42.9. The number of phosphoric acid groups is 1. The maximum atomic E-state index is 14.9. The van der Waals surface area contributed by atoms with Crippen LogP contribution in [0, 0.1) is 6.92 Å². The van der Waals surface area contributed by atoms with Crippen molar-refractivity contribution in [2.24, 2.45) is 0 Å². The molecule has 2 aliphatic rings. The molecule has 1 N–H and O–H groups in total. The number of aromatic nitrogens is 1. The van der Waals surface area contributed by atoms with Gasteiger partial charge in [0, 0.05) is 72.6 Å². The van der Waals surface area contributed by atoms with Crippen LogP contribution < -0.4 is 39.0 Å². The van der Waals surface area contributed by atoms with Gasteiger partial charge < -0.3 is 24.1 Å². The Hall–Kier alpha value is -3.90. The summed E-state index contributed by atoms with van der Waals surface area (Å²) in [5.41, 5.74) is 3.07. The molecular formula is C43H43N5Na2O10PS. The summed E-state index contributed by atoms with van der Waals surface area (Å²) >= 11 is 0. The first kappa shape index (κ1) is 49.1. The Morgan fingerprint density at radius 2 is 1.65 bits per heavy atom. The minimum atomic E-state index is -5.10. The third-order valence-corrected chi connectivity index (χ3v) is 12.8. The van der Waals surface area contributed by atoms with Crippen LogP contribution in [0.25, 0.3) is 10.9 Å². The van der Waals surface area contributed by atoms with Crippen LogP contribution in [0.5, 0.6) is 5.75 Å². The van der Waals surface area contributed by atoms with E-state index in [1.807, 2.05) is 37.3 Å². The number of amides is 3. The van der Waals surface area contributed by atoms with Crippen LogP contribution in [0.2, 0.25) is 0 Å². The Kier molecular flexibility index (Phi) is 16.1. The predicted octanol–water partition coefficient (Wildman–Crippen LogP) is 0.838. The minimum absolute atomic E-state index is 0. The van der Waals surface area contributed by atoms with E-state index in [0.717, 1.165) is 15.1 Å². The molecule has 0 spiro atoms. The van der Waals surface area contributed by atoms with Crippen LogP contribution in [-0.4, -0.2) is 122 Å². The molecule has 313 valence electrons. The van der Waals surface area contributed by atoms with Gasteiger partial charge in [0.05, 0.1) is 23.5 Å². The average Bonchev–Trinajstić information content (AvgIpc) is 3.62. The van der Waals surface area contributed by atoms with Gasteiger partial charge in [0.2, 0.25) is 17.7 Å². The summed E-state index contributed by atoms with van der Waals surface area (Å²) in [6.07, 6.45) is 2.32. The maximum absolute atomic E-state index is 14.9. The number of rotatable bonds is 14. The van der Waals surface area contributed by atoms with Crippen LogP contribution in [0.15, 0.2) is 121 Å². The van der Waals surface area contributed by atoms with E-state index in [-0.39, 0.29) is 132 Å². The predicted molar refractivity (Wildman–Crippen MR) is 225 cm³/mol. The number of fused-ring (bicyclic) bond motifs is 2. The topological polar surface area (TPSA) is 190 Å². The number of piperazine rings is 1. The Morgan fingerprint density at radius 3 is 2.27 bits per heavy atom. The van der Waals surface area contributed by atoms with Gasteiger partial charge >= 0.3 is 37.4 Å². The van der Waals surface area contributed by atoms with Gasteiger partial charge in [-0.25, -0.2) is 22.4 Å². The number of nitrogens with zero attached hydrogens (tertiary/aromatic N) is 5. The molecule has 15 nitrogen and oxygen atoms in total. The fourth-order valence-electron chi connectivity index (χ4n) is 7.90. The van der Waals surface area contributed by atoms with Gasteiger partial charge in [-0.1, -0.05) is 84.4 Å². The average molecular weight is 899 g/mol. The summed E-state index contributed by atoms with van der Waals surface area (Å²) in [5, 5.41) is 3.49. The van der Waals surface area contributed by atoms with E-state index < -0.39 is 41.9 Å². The minimum Gasteiger partial charge on any atom is -0.746 e. The van der Waals surface area contributed by atoms with Crippen molar-refractivity contribution in [1.29, 1.82) is 0 Å². The molecule has 5 aromatic rings. The third kappa shape index (κ3) is 10.5. The second-order valence-electron chi connectivity index (χ2n) is 14.8. The Morgan fingerprint density at radius 1 is 0.968 bits per heavy atom. The first-order valence-electron chi connectivity index (χ1n) is 19.2. The van der Waals surface area contributed by atoms with Gasteiger partial charge in [-0.3, -0.25) is 23.7 Å². The van der Waals surface area contributed by atoms with Crippen LogP contribution >= 0.6 is 7.82 Å². The molecule has 3 atom stereocenters. The number of ketones is 1. The monoisotopic (exact) mass is 898 g/mol. The standard InChI is InChI=1S/C43H44N5O10PS.2Na/c1-4-23-45-28-41(51)47-38(24-32-15-18-34(19-16-32)58-59(53,54)55)43(52)44(27-39(47)48(45)40(50)22-17-31-9-6-5-7-10-31)25-33-11-8-12-36-37(30(3)49)26-46(42(33)36)60(56,57)35-20-13-29(2)14-21-35;;/h4-16,18-21,26,38-39H,1,17,22-25,27-28H2,2-3H3,(H2,53,54,55);;/q;;+1/p-1/t38-,39-;;/m0../s1. The number of para-hydroxylation sites is 1. The molecule has 2 fully saturated rings. The van der Waals surface area contributed by atoms with Crippen molar-refractivity contribution in [1.82, 2.24) is 23.8 Å². The van der Waals surface area contributed by atoms with Crippen LogP contribution in [0.1, 0.15) is 46.0 Å². The molecule has 19 heteroatoms. The second kappa shape index (κ2) is 20.3. The zero-order valence-corrected chi connectivity index (χ0v) is 40.6. The normalized spacial score (nSPS) is 17.7. The molecule has 0 saturated carbocycles. The molecule has 7 rings (SSSR count). The molecule has 0 aliphatic carbocycles. The molecule has 62 heavy (non-hydrogen) atoms. The molecule has 1 unspecified atom stereocenters. The number of hydrogen-bond donors (Lipinski definition) is 1. The van der Waals surface area contributed by atoms with E-state index in [2.05, 4.69) is 11.1 Å². The third-order valence-electron chi connectivity index (χ3n) is 10.7. The van der Waals surface area contributed by atoms with Crippen molar-refractivity contribution >= 4 is 81.8 Å². The number of hydrogen-bond acceptors (Lipinski definition) is 10. The fourth-order valence-corrected chi connectivity index (χ4v) is 9.70. The van der Waals surface area contributed by atoms with Gasteiger partial charge in [-0.2, -0.15) is 0 Å². The Balaban J connectivity index is 0.00000363. The van der Waals surface area contributed by atoms with E-state index in [1.54, 1.807) is 41.4 Å². The summed E-state index contributed by atoms with van der Waals surface area (Å²) in [6, 6.07) is 25.2. The van der Waals surface area contributed by atoms with Crippen molar-refractivity contribution in [2.45, 2.75) is 56.8 Å². The number of Topliss-reactive ketones (excluding diaryl/α,β-unsaturated/α-hetero) is 1. The molecule has 1 aromatic heterocycles. The van der Waals surface area contributed by atoms with Crippen LogP contribution in [0.4, 0.5) is 0 Å². The zero-order valence-electron chi connectivity index (χ0n) is 34.9. The maximum Gasteiger partial charge on any atom is 1.00 e. The largest absolute Gasteiger partial charge is 1.00 e. The summed E-state index contributed by atoms with van der Waals surface area (Å²) < 4.78 is 45.6. The van der Waals surface area contributed by atoms with E-state index in [9.17, 15) is 41.9 Å². The number of hydrazine groups is 1.